The Bertz CT molecular complexity index is 1170. The molecule has 1 atom stereocenters. The van der Waals surface area contributed by atoms with Gasteiger partial charge in [0.05, 0.1) is 10.7 Å². The minimum Gasteiger partial charge on any atom is -0.367 e. The highest BCUT2D eigenvalue weighted by molar-refractivity contribution is 7.98. The molecule has 0 saturated carbocycles. The first-order valence-electron chi connectivity index (χ1n) is 11.7. The summed E-state index contributed by atoms with van der Waals surface area (Å²) in [5.74, 6) is 1.42. The summed E-state index contributed by atoms with van der Waals surface area (Å²) in [6.45, 7) is 7.38. The number of piperazine rings is 1. The van der Waals surface area contributed by atoms with E-state index in [-0.39, 0.29) is 11.9 Å². The van der Waals surface area contributed by atoms with Crippen LogP contribution in [0.15, 0.2) is 59.8 Å². The van der Waals surface area contributed by atoms with E-state index in [1.807, 2.05) is 55.5 Å². The van der Waals surface area contributed by atoms with E-state index in [4.69, 9.17) is 28.2 Å². The SMILES string of the molecule is CCC(C)NC(=O)c1cccc(CSc2nc(Cl)cc(N3CCN(c4ccccc4Cl)CC3)n2)c1. The molecule has 6 nitrogen and oxygen atoms in total. The van der Waals surface area contributed by atoms with Crippen molar-refractivity contribution in [1.29, 1.82) is 0 Å². The monoisotopic (exact) mass is 529 g/mol. The van der Waals surface area contributed by atoms with Crippen molar-refractivity contribution in [3.63, 3.8) is 0 Å². The number of halogens is 2. The number of thioether (sulfide) groups is 1. The average Bonchev–Trinajstić information content (AvgIpc) is 2.87. The molecule has 1 saturated heterocycles. The molecule has 35 heavy (non-hydrogen) atoms. The van der Waals surface area contributed by atoms with E-state index >= 15 is 0 Å². The number of para-hydroxylation sites is 1. The minimum atomic E-state index is -0.0524. The first-order valence-corrected chi connectivity index (χ1v) is 13.5. The molecule has 1 fully saturated rings. The summed E-state index contributed by atoms with van der Waals surface area (Å²) in [5.41, 5.74) is 2.75. The van der Waals surface area contributed by atoms with Gasteiger partial charge in [-0.05, 0) is 43.2 Å². The maximum Gasteiger partial charge on any atom is 0.251 e. The Morgan fingerprint density at radius 1 is 1.03 bits per heavy atom. The third-order valence-corrected chi connectivity index (χ3v) is 7.44. The second-order valence-corrected chi connectivity index (χ2v) is 10.3. The zero-order valence-corrected chi connectivity index (χ0v) is 22.2. The quantitative estimate of drug-likeness (QED) is 0.221. The van der Waals surface area contributed by atoms with Crippen LogP contribution in [0.4, 0.5) is 11.5 Å². The van der Waals surface area contributed by atoms with Gasteiger partial charge in [0.15, 0.2) is 5.16 Å². The van der Waals surface area contributed by atoms with E-state index in [1.165, 1.54) is 11.8 Å². The summed E-state index contributed by atoms with van der Waals surface area (Å²) in [7, 11) is 0. The molecule has 184 valence electrons. The van der Waals surface area contributed by atoms with Crippen molar-refractivity contribution in [2.24, 2.45) is 0 Å². The fourth-order valence-electron chi connectivity index (χ4n) is 3.86. The molecule has 2 aromatic carbocycles. The molecule has 3 aromatic rings. The van der Waals surface area contributed by atoms with Crippen LogP contribution in [0.3, 0.4) is 0 Å². The third kappa shape index (κ3) is 6.81. The summed E-state index contributed by atoms with van der Waals surface area (Å²) in [4.78, 5) is 26.2. The van der Waals surface area contributed by atoms with Crippen LogP contribution < -0.4 is 15.1 Å². The molecule has 4 rings (SSSR count). The maximum atomic E-state index is 12.5. The standard InChI is InChI=1S/C26H29Cl2N5OS/c1-3-18(2)29-25(34)20-8-6-7-19(15-20)17-35-26-30-23(28)16-24(31-26)33-13-11-32(12-14-33)22-10-5-4-9-21(22)27/h4-10,15-16,18H,3,11-14,17H2,1-2H3,(H,29,34). The van der Waals surface area contributed by atoms with E-state index in [0.29, 0.717) is 21.6 Å². The van der Waals surface area contributed by atoms with E-state index < -0.39 is 0 Å². The Morgan fingerprint density at radius 3 is 2.51 bits per heavy atom. The fraction of sp³-hybridized carbons (Fsp3) is 0.346. The molecule has 0 spiro atoms. The summed E-state index contributed by atoms with van der Waals surface area (Å²) >= 11 is 14.2. The van der Waals surface area contributed by atoms with Crippen molar-refractivity contribution < 1.29 is 4.79 Å². The molecule has 1 N–H and O–H groups in total. The number of hydrogen-bond donors (Lipinski definition) is 1. The van der Waals surface area contributed by atoms with E-state index in [0.717, 1.165) is 54.7 Å². The molecule has 2 heterocycles. The Balaban J connectivity index is 1.38. The number of nitrogens with zero attached hydrogens (tertiary/aromatic N) is 4. The first kappa shape index (κ1) is 25.6. The molecule has 1 amide bonds. The molecule has 9 heteroatoms. The zero-order chi connectivity index (χ0) is 24.8. The van der Waals surface area contributed by atoms with E-state index in [2.05, 4.69) is 33.1 Å². The van der Waals surface area contributed by atoms with Gasteiger partial charge >= 0.3 is 0 Å². The normalized spacial score (nSPS) is 14.6. The predicted octanol–water partition coefficient (Wildman–Crippen LogP) is 5.93. The Morgan fingerprint density at radius 2 is 1.77 bits per heavy atom. The van der Waals surface area contributed by atoms with Crippen molar-refractivity contribution in [3.8, 4) is 0 Å². The first-order chi connectivity index (χ1) is 16.9. The zero-order valence-electron chi connectivity index (χ0n) is 19.9. The van der Waals surface area contributed by atoms with Crippen molar-refractivity contribution >= 4 is 52.4 Å². The second-order valence-electron chi connectivity index (χ2n) is 8.53. The summed E-state index contributed by atoms with van der Waals surface area (Å²) in [6, 6.07) is 17.6. The van der Waals surface area contributed by atoms with Gasteiger partial charge in [0.1, 0.15) is 11.0 Å². The van der Waals surface area contributed by atoms with Gasteiger partial charge in [-0.25, -0.2) is 9.97 Å². The van der Waals surface area contributed by atoms with Crippen molar-refractivity contribution in [2.75, 3.05) is 36.0 Å². The van der Waals surface area contributed by atoms with Gasteiger partial charge in [-0.15, -0.1) is 0 Å². The largest absolute Gasteiger partial charge is 0.367 e. The van der Waals surface area contributed by atoms with Crippen LogP contribution in [0.2, 0.25) is 10.2 Å². The highest BCUT2D eigenvalue weighted by atomic mass is 35.5. The van der Waals surface area contributed by atoms with Crippen LogP contribution in [-0.2, 0) is 5.75 Å². The number of anilines is 2. The molecule has 1 aliphatic heterocycles. The summed E-state index contributed by atoms with van der Waals surface area (Å²) in [5, 5.41) is 4.82. The topological polar surface area (TPSA) is 61.4 Å². The number of amides is 1. The lowest BCUT2D eigenvalue weighted by atomic mass is 10.1. The highest BCUT2D eigenvalue weighted by Gasteiger charge is 2.21. The molecule has 0 radical (unpaired) electrons. The Labute approximate surface area is 221 Å². The maximum absolute atomic E-state index is 12.5. The van der Waals surface area contributed by atoms with Gasteiger partial charge in [-0.3, -0.25) is 4.79 Å². The van der Waals surface area contributed by atoms with Crippen molar-refractivity contribution in [2.45, 2.75) is 37.2 Å². The van der Waals surface area contributed by atoms with E-state index in [1.54, 1.807) is 0 Å². The second kappa shape index (κ2) is 12.0. The molecular formula is C26H29Cl2N5OS. The molecular weight excluding hydrogens is 501 g/mol. The number of benzene rings is 2. The van der Waals surface area contributed by atoms with Crippen molar-refractivity contribution in [1.82, 2.24) is 15.3 Å². The van der Waals surface area contributed by atoms with Crippen molar-refractivity contribution in [3.05, 3.63) is 75.9 Å². The van der Waals surface area contributed by atoms with Gasteiger partial charge in [-0.2, -0.15) is 0 Å². The average molecular weight is 531 g/mol. The number of aromatic nitrogens is 2. The van der Waals surface area contributed by atoms with Crippen LogP contribution in [0.25, 0.3) is 0 Å². The lowest BCUT2D eigenvalue weighted by molar-refractivity contribution is 0.0939. The highest BCUT2D eigenvalue weighted by Crippen LogP contribution is 2.29. The number of rotatable bonds is 8. The number of carbonyl (C=O) groups excluding carboxylic acids is 1. The molecule has 0 bridgehead atoms. The lowest BCUT2D eigenvalue weighted by Crippen LogP contribution is -2.47. The number of hydrogen-bond acceptors (Lipinski definition) is 6. The minimum absolute atomic E-state index is 0.0524. The lowest BCUT2D eigenvalue weighted by Gasteiger charge is -2.37. The molecule has 0 aliphatic carbocycles. The summed E-state index contributed by atoms with van der Waals surface area (Å²) in [6.07, 6.45) is 0.894. The predicted molar refractivity (Wildman–Crippen MR) is 146 cm³/mol. The van der Waals surface area contributed by atoms with Crippen LogP contribution in [0.5, 0.6) is 0 Å². The van der Waals surface area contributed by atoms with Gasteiger partial charge in [0, 0.05) is 49.6 Å². The van der Waals surface area contributed by atoms with Gasteiger partial charge in [0.25, 0.3) is 5.91 Å². The van der Waals surface area contributed by atoms with Crippen LogP contribution >= 0.6 is 35.0 Å². The fourth-order valence-corrected chi connectivity index (χ4v) is 5.14. The Kier molecular flexibility index (Phi) is 8.76. The third-order valence-electron chi connectivity index (χ3n) is 6.00. The van der Waals surface area contributed by atoms with Crippen LogP contribution in [0.1, 0.15) is 36.2 Å². The molecule has 1 unspecified atom stereocenters. The van der Waals surface area contributed by atoms with Gasteiger partial charge in [-0.1, -0.05) is 66.2 Å². The van der Waals surface area contributed by atoms with Gasteiger partial charge < -0.3 is 15.1 Å². The number of nitrogens with one attached hydrogen (secondary N) is 1. The van der Waals surface area contributed by atoms with Gasteiger partial charge in [0.2, 0.25) is 0 Å². The smallest absolute Gasteiger partial charge is 0.251 e. The number of carbonyl (C=O) groups is 1. The summed E-state index contributed by atoms with van der Waals surface area (Å²) < 4.78 is 0. The molecule has 1 aromatic heterocycles. The van der Waals surface area contributed by atoms with Crippen LogP contribution in [0, 0.1) is 0 Å². The van der Waals surface area contributed by atoms with Crippen LogP contribution in [-0.4, -0.2) is 48.1 Å². The molecule has 1 aliphatic rings. The Hall–Kier alpha value is -2.48. The van der Waals surface area contributed by atoms with E-state index in [9.17, 15) is 4.79 Å².